The van der Waals surface area contributed by atoms with Crippen LogP contribution in [0.2, 0.25) is 0 Å². The van der Waals surface area contributed by atoms with Gasteiger partial charge in [-0.3, -0.25) is 9.79 Å². The second kappa shape index (κ2) is 6.29. The van der Waals surface area contributed by atoms with Gasteiger partial charge in [0.05, 0.1) is 6.54 Å². The first-order chi connectivity index (χ1) is 12.6. The lowest BCUT2D eigenvalue weighted by Gasteiger charge is -2.13. The van der Waals surface area contributed by atoms with Gasteiger partial charge in [0.1, 0.15) is 5.82 Å². The highest BCUT2D eigenvalue weighted by atomic mass is 16.1. The van der Waals surface area contributed by atoms with Gasteiger partial charge in [-0.25, -0.2) is 4.98 Å². The fourth-order valence-corrected chi connectivity index (χ4v) is 2.98. The summed E-state index contributed by atoms with van der Waals surface area (Å²) in [6.45, 7) is 0.603. The molecule has 2 aromatic carbocycles. The number of hydrogen-bond donors (Lipinski definition) is 3. The van der Waals surface area contributed by atoms with Crippen molar-refractivity contribution in [3.8, 4) is 11.1 Å². The van der Waals surface area contributed by atoms with E-state index in [-0.39, 0.29) is 5.95 Å². The van der Waals surface area contributed by atoms with Gasteiger partial charge in [-0.15, -0.1) is 0 Å². The van der Waals surface area contributed by atoms with Gasteiger partial charge >= 0.3 is 0 Å². The van der Waals surface area contributed by atoms with Crippen molar-refractivity contribution in [2.24, 2.45) is 10.7 Å². The Labute approximate surface area is 149 Å². The van der Waals surface area contributed by atoms with Gasteiger partial charge in [0.25, 0.3) is 0 Å². The van der Waals surface area contributed by atoms with Crippen molar-refractivity contribution in [2.45, 2.75) is 6.54 Å². The number of benzene rings is 2. The van der Waals surface area contributed by atoms with Gasteiger partial charge < -0.3 is 16.8 Å². The number of nitrogens with one attached hydrogen (secondary N) is 1. The monoisotopic (exact) mass is 344 g/mol. The van der Waals surface area contributed by atoms with Crippen molar-refractivity contribution in [1.82, 2.24) is 9.97 Å². The van der Waals surface area contributed by atoms with Crippen LogP contribution >= 0.6 is 0 Å². The predicted molar refractivity (Wildman–Crippen MR) is 101 cm³/mol. The number of anilines is 3. The summed E-state index contributed by atoms with van der Waals surface area (Å²) in [4.78, 5) is 23.9. The molecule has 128 valence electrons. The van der Waals surface area contributed by atoms with E-state index in [1.807, 2.05) is 30.5 Å². The van der Waals surface area contributed by atoms with Crippen LogP contribution in [0.15, 0.2) is 53.7 Å². The lowest BCUT2D eigenvalue weighted by atomic mass is 9.94. The molecule has 2 heterocycles. The van der Waals surface area contributed by atoms with Crippen LogP contribution in [0.5, 0.6) is 0 Å². The normalized spacial score (nSPS) is 12.0. The first-order valence-electron chi connectivity index (χ1n) is 8.03. The van der Waals surface area contributed by atoms with Crippen molar-refractivity contribution in [1.29, 1.82) is 0 Å². The molecule has 1 aliphatic heterocycles. The molecule has 0 radical (unpaired) electrons. The van der Waals surface area contributed by atoms with Crippen molar-refractivity contribution < 1.29 is 4.79 Å². The molecule has 0 unspecified atom stereocenters. The predicted octanol–water partition coefficient (Wildman–Crippen LogP) is 2.50. The number of hydrogen-bond acceptors (Lipinski definition) is 6. The number of primary amides is 1. The molecule has 0 fully saturated rings. The van der Waals surface area contributed by atoms with Crippen molar-refractivity contribution >= 4 is 29.6 Å². The minimum Gasteiger partial charge on any atom is -0.368 e. The van der Waals surface area contributed by atoms with Crippen molar-refractivity contribution in [3.63, 3.8) is 0 Å². The molecular weight excluding hydrogens is 328 g/mol. The Morgan fingerprint density at radius 2 is 2.04 bits per heavy atom. The number of fused-ring (bicyclic) bond motifs is 1. The molecule has 1 aromatic heterocycles. The number of carbonyl (C=O) groups excluding carboxylic acids is 1. The molecule has 1 aliphatic rings. The highest BCUT2D eigenvalue weighted by Gasteiger charge is 2.16. The number of rotatable bonds is 4. The zero-order valence-corrected chi connectivity index (χ0v) is 13.8. The molecule has 7 nitrogen and oxygen atoms in total. The number of nitrogens with zero attached hydrogens (tertiary/aromatic N) is 3. The Morgan fingerprint density at radius 3 is 2.85 bits per heavy atom. The number of carbonyl (C=O) groups is 1. The molecule has 5 N–H and O–H groups in total. The molecule has 7 heteroatoms. The number of nitrogens with two attached hydrogens (primary N) is 2. The van der Waals surface area contributed by atoms with E-state index in [9.17, 15) is 4.79 Å². The summed E-state index contributed by atoms with van der Waals surface area (Å²) in [6, 6.07) is 13.0. The van der Waals surface area contributed by atoms with Crippen LogP contribution in [-0.4, -0.2) is 22.1 Å². The summed E-state index contributed by atoms with van der Waals surface area (Å²) in [5, 5.41) is 3.24. The molecule has 1 amide bonds. The molecule has 0 saturated carbocycles. The Kier molecular flexibility index (Phi) is 3.81. The third-order valence-corrected chi connectivity index (χ3v) is 4.17. The van der Waals surface area contributed by atoms with Gasteiger partial charge in [0.2, 0.25) is 11.9 Å². The minimum absolute atomic E-state index is 0.201. The molecule has 0 spiro atoms. The maximum atomic E-state index is 11.5. The minimum atomic E-state index is -0.453. The van der Waals surface area contributed by atoms with Crippen molar-refractivity contribution in [3.05, 3.63) is 65.4 Å². The van der Waals surface area contributed by atoms with E-state index in [1.165, 1.54) is 0 Å². The summed E-state index contributed by atoms with van der Waals surface area (Å²) in [5.41, 5.74) is 16.4. The lowest BCUT2D eigenvalue weighted by Crippen LogP contribution is -2.10. The smallest absolute Gasteiger partial charge is 0.248 e. The van der Waals surface area contributed by atoms with E-state index >= 15 is 0 Å². The number of aliphatic imine (C=N–C) groups is 1. The fourth-order valence-electron chi connectivity index (χ4n) is 2.98. The summed E-state index contributed by atoms with van der Waals surface area (Å²) in [6.07, 6.45) is 3.44. The summed E-state index contributed by atoms with van der Waals surface area (Å²) < 4.78 is 0. The Bertz CT molecular complexity index is 1040. The average molecular weight is 344 g/mol. The summed E-state index contributed by atoms with van der Waals surface area (Å²) in [5.74, 6) is 0.349. The van der Waals surface area contributed by atoms with Crippen LogP contribution in [0.3, 0.4) is 0 Å². The SMILES string of the molecule is NC(=O)c1cccc(-c2cc(Nc3ccnc(N)n3)cc3c2CN=C3)c1. The third-order valence-electron chi connectivity index (χ3n) is 4.17. The van der Waals surface area contributed by atoms with Crippen LogP contribution in [0.25, 0.3) is 11.1 Å². The maximum Gasteiger partial charge on any atom is 0.248 e. The van der Waals surface area contributed by atoms with Gasteiger partial charge in [0.15, 0.2) is 0 Å². The van der Waals surface area contributed by atoms with Crippen LogP contribution in [-0.2, 0) is 6.54 Å². The second-order valence-corrected chi connectivity index (χ2v) is 5.93. The van der Waals surface area contributed by atoms with Gasteiger partial charge in [-0.2, -0.15) is 4.98 Å². The van der Waals surface area contributed by atoms with Gasteiger partial charge in [0, 0.05) is 29.2 Å². The van der Waals surface area contributed by atoms with Crippen molar-refractivity contribution in [2.75, 3.05) is 11.1 Å². The number of nitrogen functional groups attached to an aromatic ring is 1. The standard InChI is InChI=1S/C19H16N6O/c20-18(26)12-3-1-2-11(6-12)15-8-14(7-13-9-22-10-16(13)15)24-17-4-5-23-19(21)25-17/h1-9H,10H2,(H2,20,26)(H3,21,23,24,25). The zero-order valence-electron chi connectivity index (χ0n) is 13.8. The Balaban J connectivity index is 1.79. The first-order valence-corrected chi connectivity index (χ1v) is 8.03. The largest absolute Gasteiger partial charge is 0.368 e. The van der Waals surface area contributed by atoms with Crippen LogP contribution in [0.4, 0.5) is 17.5 Å². The summed E-state index contributed by atoms with van der Waals surface area (Å²) in [7, 11) is 0. The Morgan fingerprint density at radius 1 is 1.15 bits per heavy atom. The molecule has 3 aromatic rings. The van der Waals surface area contributed by atoms with Gasteiger partial charge in [-0.1, -0.05) is 12.1 Å². The lowest BCUT2D eigenvalue weighted by molar-refractivity contribution is 0.100. The molecule has 26 heavy (non-hydrogen) atoms. The summed E-state index contributed by atoms with van der Waals surface area (Å²) >= 11 is 0. The van der Waals surface area contributed by atoms with Crippen LogP contribution in [0.1, 0.15) is 21.5 Å². The van der Waals surface area contributed by atoms with Crippen LogP contribution in [0, 0.1) is 0 Å². The van der Waals surface area contributed by atoms with E-state index < -0.39 is 5.91 Å². The van der Waals surface area contributed by atoms with Crippen LogP contribution < -0.4 is 16.8 Å². The molecule has 0 aliphatic carbocycles. The van der Waals surface area contributed by atoms with E-state index in [2.05, 4.69) is 20.3 Å². The first kappa shape index (κ1) is 15.8. The second-order valence-electron chi connectivity index (χ2n) is 5.93. The highest BCUT2D eigenvalue weighted by molar-refractivity contribution is 5.96. The van der Waals surface area contributed by atoms with E-state index in [0.717, 1.165) is 27.9 Å². The average Bonchev–Trinajstić information content (AvgIpc) is 3.09. The van der Waals surface area contributed by atoms with Gasteiger partial charge in [-0.05, 0) is 47.0 Å². The molecule has 0 bridgehead atoms. The van der Waals surface area contributed by atoms with E-state index in [0.29, 0.717) is 17.9 Å². The quantitative estimate of drug-likeness (QED) is 0.672. The molecule has 4 rings (SSSR count). The Hall–Kier alpha value is -3.74. The number of aromatic nitrogens is 2. The highest BCUT2D eigenvalue weighted by Crippen LogP contribution is 2.33. The zero-order chi connectivity index (χ0) is 18.1. The fraction of sp³-hybridized carbons (Fsp3) is 0.0526. The molecule has 0 saturated heterocycles. The number of amides is 1. The maximum absolute atomic E-state index is 11.5. The van der Waals surface area contributed by atoms with E-state index in [1.54, 1.807) is 24.4 Å². The third kappa shape index (κ3) is 2.98. The van der Waals surface area contributed by atoms with E-state index in [4.69, 9.17) is 11.5 Å². The topological polar surface area (TPSA) is 119 Å². The molecular formula is C19H16N6O. The molecule has 0 atom stereocenters.